The lowest BCUT2D eigenvalue weighted by molar-refractivity contribution is 0.0902. The van der Waals surface area contributed by atoms with Gasteiger partial charge in [-0.25, -0.2) is 13.8 Å². The Hall–Kier alpha value is -1.86. The van der Waals surface area contributed by atoms with Crippen LogP contribution >= 0.6 is 11.3 Å². The molecule has 4 nitrogen and oxygen atoms in total. The van der Waals surface area contributed by atoms with E-state index in [-0.39, 0.29) is 24.1 Å². The number of nitrogens with zero attached hydrogens (tertiary/aromatic N) is 2. The summed E-state index contributed by atoms with van der Waals surface area (Å²) >= 11 is 1.39. The minimum Gasteiger partial charge on any atom is -0.347 e. The summed E-state index contributed by atoms with van der Waals surface area (Å²) < 4.78 is 27.8. The molecule has 1 N–H and O–H groups in total. The smallest absolute Gasteiger partial charge is 0.263 e. The zero-order valence-corrected chi connectivity index (χ0v) is 15.2. The summed E-state index contributed by atoms with van der Waals surface area (Å²) in [7, 11) is 0. The minimum atomic E-state index is -0.519. The standard InChI is InChI=1S/C19H21F2N3OS/c20-15-4-1-5-16(21)14(15)10-24-8-2-3-13(9-24)23-19(25)18-17(12-6-7-12)22-11-26-18/h1,4-5,11-13H,2-3,6-10H2,(H,23,25)/t13-/m1/s1. The first-order chi connectivity index (χ1) is 12.6. The molecule has 7 heteroatoms. The van der Waals surface area contributed by atoms with Gasteiger partial charge in [-0.15, -0.1) is 11.3 Å². The molecule has 2 aliphatic rings. The third-order valence-electron chi connectivity index (χ3n) is 5.05. The summed E-state index contributed by atoms with van der Waals surface area (Å²) in [5.74, 6) is -0.669. The van der Waals surface area contributed by atoms with Crippen LogP contribution in [0.15, 0.2) is 23.7 Å². The van der Waals surface area contributed by atoms with Crippen molar-refractivity contribution in [1.82, 2.24) is 15.2 Å². The van der Waals surface area contributed by atoms with Crippen LogP contribution in [0.1, 0.15) is 52.5 Å². The highest BCUT2D eigenvalue weighted by molar-refractivity contribution is 7.11. The lowest BCUT2D eigenvalue weighted by Crippen LogP contribution is -2.47. The Morgan fingerprint density at radius 3 is 2.77 bits per heavy atom. The molecule has 0 spiro atoms. The second kappa shape index (κ2) is 7.40. The molecule has 2 fully saturated rings. The number of halogens is 2. The Bertz CT molecular complexity index is 786. The monoisotopic (exact) mass is 377 g/mol. The molecule has 26 heavy (non-hydrogen) atoms. The van der Waals surface area contributed by atoms with Crippen LogP contribution in [-0.4, -0.2) is 34.9 Å². The van der Waals surface area contributed by atoms with Gasteiger partial charge in [0.1, 0.15) is 16.5 Å². The van der Waals surface area contributed by atoms with Gasteiger partial charge >= 0.3 is 0 Å². The Labute approximate surface area is 155 Å². The van der Waals surface area contributed by atoms with E-state index in [4.69, 9.17) is 0 Å². The van der Waals surface area contributed by atoms with Gasteiger partial charge in [-0.1, -0.05) is 6.07 Å². The molecule has 1 aliphatic heterocycles. The van der Waals surface area contributed by atoms with Crippen LogP contribution < -0.4 is 5.32 Å². The minimum absolute atomic E-state index is 0.0137. The van der Waals surface area contributed by atoms with E-state index in [1.54, 1.807) is 5.51 Å². The van der Waals surface area contributed by atoms with Crippen LogP contribution in [0.25, 0.3) is 0 Å². The molecule has 1 aliphatic carbocycles. The van der Waals surface area contributed by atoms with Gasteiger partial charge in [0, 0.05) is 30.6 Å². The quantitative estimate of drug-likeness (QED) is 0.864. The van der Waals surface area contributed by atoms with Crippen LogP contribution in [0.4, 0.5) is 8.78 Å². The first-order valence-electron chi connectivity index (χ1n) is 9.01. The molecule has 138 valence electrons. The fourth-order valence-corrected chi connectivity index (χ4v) is 4.32. The maximum atomic E-state index is 13.9. The van der Waals surface area contributed by atoms with Crippen LogP contribution in [0.2, 0.25) is 0 Å². The van der Waals surface area contributed by atoms with Crippen LogP contribution in [-0.2, 0) is 6.54 Å². The van der Waals surface area contributed by atoms with Crippen molar-refractivity contribution in [2.24, 2.45) is 0 Å². The summed E-state index contributed by atoms with van der Waals surface area (Å²) in [5.41, 5.74) is 2.75. The number of benzene rings is 1. The van der Waals surface area contributed by atoms with Crippen molar-refractivity contribution in [1.29, 1.82) is 0 Å². The summed E-state index contributed by atoms with van der Waals surface area (Å²) in [6, 6.07) is 3.93. The van der Waals surface area contributed by atoms with Gasteiger partial charge in [-0.05, 0) is 44.4 Å². The van der Waals surface area contributed by atoms with E-state index in [1.165, 1.54) is 29.5 Å². The Balaban J connectivity index is 1.39. The number of carbonyl (C=O) groups is 1. The lowest BCUT2D eigenvalue weighted by atomic mass is 10.0. The maximum absolute atomic E-state index is 13.9. The summed E-state index contributed by atoms with van der Waals surface area (Å²) in [6.45, 7) is 1.59. The molecule has 2 aromatic rings. The van der Waals surface area contributed by atoms with Gasteiger partial charge in [-0.2, -0.15) is 0 Å². The molecular formula is C19H21F2N3OS. The molecule has 0 radical (unpaired) electrons. The van der Waals surface area contributed by atoms with E-state index >= 15 is 0 Å². The van der Waals surface area contributed by atoms with Gasteiger partial charge in [0.05, 0.1) is 11.2 Å². The van der Waals surface area contributed by atoms with Gasteiger partial charge in [-0.3, -0.25) is 9.69 Å². The first kappa shape index (κ1) is 17.5. The average Bonchev–Trinajstić information content (AvgIpc) is 3.35. The maximum Gasteiger partial charge on any atom is 0.263 e. The number of nitrogens with one attached hydrogen (secondary N) is 1. The van der Waals surface area contributed by atoms with E-state index < -0.39 is 11.6 Å². The summed E-state index contributed by atoms with van der Waals surface area (Å²) in [5, 5.41) is 3.09. The summed E-state index contributed by atoms with van der Waals surface area (Å²) in [4.78, 5) is 19.7. The van der Waals surface area contributed by atoms with Crippen LogP contribution in [0.3, 0.4) is 0 Å². The fourth-order valence-electron chi connectivity index (χ4n) is 3.55. The zero-order chi connectivity index (χ0) is 18.1. The number of thiazole rings is 1. The van der Waals surface area contributed by atoms with E-state index in [9.17, 15) is 13.6 Å². The number of rotatable bonds is 5. The largest absolute Gasteiger partial charge is 0.347 e. The second-order valence-electron chi connectivity index (χ2n) is 7.09. The highest BCUT2D eigenvalue weighted by Gasteiger charge is 2.31. The van der Waals surface area contributed by atoms with E-state index in [0.29, 0.717) is 17.3 Å². The van der Waals surface area contributed by atoms with Crippen molar-refractivity contribution >= 4 is 17.2 Å². The first-order valence-corrected chi connectivity index (χ1v) is 9.89. The number of hydrogen-bond donors (Lipinski definition) is 1. The number of hydrogen-bond acceptors (Lipinski definition) is 4. The van der Waals surface area contributed by atoms with Crippen molar-refractivity contribution in [3.05, 3.63) is 51.5 Å². The second-order valence-corrected chi connectivity index (χ2v) is 7.94. The highest BCUT2D eigenvalue weighted by atomic mass is 32.1. The lowest BCUT2D eigenvalue weighted by Gasteiger charge is -2.33. The zero-order valence-electron chi connectivity index (χ0n) is 14.4. The third kappa shape index (κ3) is 3.78. The molecule has 1 saturated carbocycles. The molecule has 0 unspecified atom stereocenters. The number of aromatic nitrogens is 1. The molecule has 4 rings (SSSR count). The molecule has 1 aromatic heterocycles. The third-order valence-corrected chi connectivity index (χ3v) is 5.89. The van der Waals surface area contributed by atoms with Crippen molar-refractivity contribution < 1.29 is 13.6 Å². The van der Waals surface area contributed by atoms with Crippen molar-refractivity contribution in [2.75, 3.05) is 13.1 Å². The predicted molar refractivity (Wildman–Crippen MR) is 96.2 cm³/mol. The molecular weight excluding hydrogens is 356 g/mol. The molecule has 2 heterocycles. The average molecular weight is 377 g/mol. The molecule has 1 saturated heterocycles. The van der Waals surface area contributed by atoms with Crippen molar-refractivity contribution in [3.63, 3.8) is 0 Å². The van der Waals surface area contributed by atoms with Crippen LogP contribution in [0, 0.1) is 11.6 Å². The van der Waals surface area contributed by atoms with Gasteiger partial charge < -0.3 is 5.32 Å². The van der Waals surface area contributed by atoms with Gasteiger partial charge in [0.25, 0.3) is 5.91 Å². The Morgan fingerprint density at radius 1 is 1.27 bits per heavy atom. The van der Waals surface area contributed by atoms with Gasteiger partial charge in [0.2, 0.25) is 0 Å². The molecule has 1 amide bonds. The van der Waals surface area contributed by atoms with E-state index in [2.05, 4.69) is 10.3 Å². The number of piperidine rings is 1. The van der Waals surface area contributed by atoms with Crippen molar-refractivity contribution in [2.45, 2.75) is 44.2 Å². The van der Waals surface area contributed by atoms with E-state index in [0.717, 1.165) is 37.9 Å². The normalized spacial score (nSPS) is 20.9. The van der Waals surface area contributed by atoms with Crippen molar-refractivity contribution in [3.8, 4) is 0 Å². The SMILES string of the molecule is O=C(N[C@@H]1CCCN(Cc2c(F)cccc2F)C1)c1scnc1C1CC1. The highest BCUT2D eigenvalue weighted by Crippen LogP contribution is 2.41. The Kier molecular flexibility index (Phi) is 5.00. The summed E-state index contributed by atoms with van der Waals surface area (Å²) in [6.07, 6.45) is 3.98. The van der Waals surface area contributed by atoms with Crippen LogP contribution in [0.5, 0.6) is 0 Å². The number of carbonyl (C=O) groups excluding carboxylic acids is 1. The molecule has 1 aromatic carbocycles. The van der Waals surface area contributed by atoms with Gasteiger partial charge in [0.15, 0.2) is 0 Å². The molecule has 1 atom stereocenters. The Morgan fingerprint density at radius 2 is 2.04 bits per heavy atom. The predicted octanol–water partition coefficient (Wildman–Crippen LogP) is 3.69. The number of likely N-dealkylation sites (tertiary alicyclic amines) is 1. The van der Waals surface area contributed by atoms with E-state index in [1.807, 2.05) is 4.90 Å². The fraction of sp³-hybridized carbons (Fsp3) is 0.474. The number of amides is 1. The topological polar surface area (TPSA) is 45.2 Å². The molecule has 0 bridgehead atoms.